The van der Waals surface area contributed by atoms with Gasteiger partial charge in [0.15, 0.2) is 5.82 Å². The first-order chi connectivity index (χ1) is 10.1. The predicted octanol–water partition coefficient (Wildman–Crippen LogP) is 2.47. The minimum Gasteiger partial charge on any atom is -0.378 e. The first-order valence-electron chi connectivity index (χ1n) is 7.61. The molecular weight excluding hydrogens is 262 g/mol. The number of pyridine rings is 1. The quantitative estimate of drug-likeness (QED) is 0.937. The lowest BCUT2D eigenvalue weighted by molar-refractivity contribution is 0.274. The van der Waals surface area contributed by atoms with Gasteiger partial charge in [-0.1, -0.05) is 0 Å². The topological polar surface area (TPSA) is 46.0 Å². The highest BCUT2D eigenvalue weighted by atomic mass is 15.2. The normalized spacial score (nSPS) is 19.3. The van der Waals surface area contributed by atoms with Crippen LogP contribution in [-0.2, 0) is 0 Å². The highest BCUT2D eigenvalue weighted by molar-refractivity contribution is 5.57. The Morgan fingerprint density at radius 1 is 1.29 bits per heavy atom. The van der Waals surface area contributed by atoms with Crippen molar-refractivity contribution in [2.75, 3.05) is 18.4 Å². The molecule has 2 aromatic rings. The van der Waals surface area contributed by atoms with Crippen molar-refractivity contribution in [3.8, 4) is 5.82 Å². The Hall–Kier alpha value is -1.88. The summed E-state index contributed by atoms with van der Waals surface area (Å²) in [7, 11) is 0. The van der Waals surface area contributed by atoms with Crippen molar-refractivity contribution in [3.05, 3.63) is 36.5 Å². The minimum atomic E-state index is 0.485. The van der Waals surface area contributed by atoms with E-state index < -0.39 is 0 Å². The molecule has 1 atom stereocenters. The number of likely N-dealkylation sites (tertiary alicyclic amines) is 1. The first kappa shape index (κ1) is 14.1. The molecule has 1 aliphatic heterocycles. The molecule has 0 bridgehead atoms. The van der Waals surface area contributed by atoms with Crippen molar-refractivity contribution in [1.82, 2.24) is 19.4 Å². The van der Waals surface area contributed by atoms with Crippen LogP contribution in [0.1, 0.15) is 26.1 Å². The van der Waals surface area contributed by atoms with E-state index in [1.807, 2.05) is 36.1 Å². The van der Waals surface area contributed by atoms with E-state index in [0.717, 1.165) is 30.4 Å². The fourth-order valence-electron chi connectivity index (χ4n) is 2.90. The summed E-state index contributed by atoms with van der Waals surface area (Å²) < 4.78 is 2.03. The van der Waals surface area contributed by atoms with Gasteiger partial charge in [-0.3, -0.25) is 9.47 Å². The number of nitrogens with one attached hydrogen (secondary N) is 1. The zero-order valence-electron chi connectivity index (χ0n) is 13.0. The van der Waals surface area contributed by atoms with Gasteiger partial charge < -0.3 is 5.32 Å². The third-order valence-corrected chi connectivity index (χ3v) is 4.15. The van der Waals surface area contributed by atoms with Crippen molar-refractivity contribution in [2.24, 2.45) is 0 Å². The Kier molecular flexibility index (Phi) is 3.92. The van der Waals surface area contributed by atoms with E-state index in [-0.39, 0.29) is 0 Å². The Labute approximate surface area is 126 Å². The number of nitrogens with zero attached hydrogens (tertiary/aromatic N) is 4. The van der Waals surface area contributed by atoms with Crippen LogP contribution in [0, 0.1) is 6.92 Å². The van der Waals surface area contributed by atoms with Gasteiger partial charge in [0.2, 0.25) is 0 Å². The highest BCUT2D eigenvalue weighted by Gasteiger charge is 2.24. The molecule has 1 saturated heterocycles. The monoisotopic (exact) mass is 285 g/mol. The lowest BCUT2D eigenvalue weighted by Crippen LogP contribution is -2.31. The molecule has 0 radical (unpaired) electrons. The summed E-state index contributed by atoms with van der Waals surface area (Å²) in [6, 6.07) is 5.17. The lowest BCUT2D eigenvalue weighted by Gasteiger charge is -2.21. The minimum absolute atomic E-state index is 0.485. The van der Waals surface area contributed by atoms with Crippen molar-refractivity contribution >= 4 is 5.69 Å². The summed E-state index contributed by atoms with van der Waals surface area (Å²) in [6.07, 6.45) is 6.77. The van der Waals surface area contributed by atoms with Crippen molar-refractivity contribution in [3.63, 3.8) is 0 Å². The summed E-state index contributed by atoms with van der Waals surface area (Å²) in [5.74, 6) is 1.88. The molecule has 2 aromatic heterocycles. The van der Waals surface area contributed by atoms with E-state index in [2.05, 4.69) is 40.1 Å². The third kappa shape index (κ3) is 2.93. The van der Waals surface area contributed by atoms with Gasteiger partial charge in [-0.25, -0.2) is 9.97 Å². The van der Waals surface area contributed by atoms with E-state index in [9.17, 15) is 0 Å². The summed E-state index contributed by atoms with van der Waals surface area (Å²) in [4.78, 5) is 11.3. The van der Waals surface area contributed by atoms with E-state index in [1.54, 1.807) is 0 Å². The van der Waals surface area contributed by atoms with Crippen LogP contribution in [0.3, 0.4) is 0 Å². The number of aryl methyl sites for hydroxylation is 1. The third-order valence-electron chi connectivity index (χ3n) is 4.15. The zero-order valence-corrected chi connectivity index (χ0v) is 13.0. The van der Waals surface area contributed by atoms with E-state index in [1.165, 1.54) is 6.42 Å². The maximum absolute atomic E-state index is 4.53. The molecule has 1 unspecified atom stereocenters. The van der Waals surface area contributed by atoms with Gasteiger partial charge in [0.05, 0.1) is 5.69 Å². The molecule has 0 aromatic carbocycles. The summed E-state index contributed by atoms with van der Waals surface area (Å²) in [6.45, 7) is 8.76. The number of rotatable bonds is 4. The van der Waals surface area contributed by atoms with Gasteiger partial charge in [0.25, 0.3) is 0 Å². The molecule has 1 fully saturated rings. The van der Waals surface area contributed by atoms with E-state index in [4.69, 9.17) is 0 Å². The molecule has 0 saturated carbocycles. The van der Waals surface area contributed by atoms with Crippen LogP contribution < -0.4 is 5.32 Å². The molecule has 0 spiro atoms. The van der Waals surface area contributed by atoms with Crippen LogP contribution in [0.2, 0.25) is 0 Å². The van der Waals surface area contributed by atoms with Crippen molar-refractivity contribution in [2.45, 2.75) is 39.3 Å². The van der Waals surface area contributed by atoms with E-state index >= 15 is 0 Å². The SMILES string of the molecule is Cc1nccn1-c1ncccc1NC1CCN(C(C)C)C1. The maximum Gasteiger partial charge on any atom is 0.161 e. The molecule has 3 heterocycles. The number of anilines is 1. The fraction of sp³-hybridized carbons (Fsp3) is 0.500. The average molecular weight is 285 g/mol. The summed E-state index contributed by atoms with van der Waals surface area (Å²) in [5.41, 5.74) is 1.08. The standard InChI is InChI=1S/C16H23N5/c1-12(2)20-9-6-14(11-20)19-15-5-4-7-18-16(15)21-10-8-17-13(21)3/h4-5,7-8,10,12,14,19H,6,9,11H2,1-3H3. The van der Waals surface area contributed by atoms with Gasteiger partial charge in [0, 0.05) is 43.8 Å². The number of aromatic nitrogens is 3. The molecule has 112 valence electrons. The van der Waals surface area contributed by atoms with Crippen LogP contribution in [0.25, 0.3) is 5.82 Å². The molecule has 0 amide bonds. The highest BCUT2D eigenvalue weighted by Crippen LogP contribution is 2.22. The van der Waals surface area contributed by atoms with Crippen LogP contribution >= 0.6 is 0 Å². The van der Waals surface area contributed by atoms with E-state index in [0.29, 0.717) is 12.1 Å². The Morgan fingerprint density at radius 2 is 2.14 bits per heavy atom. The molecule has 5 nitrogen and oxygen atoms in total. The predicted molar refractivity (Wildman–Crippen MR) is 84.8 cm³/mol. The smallest absolute Gasteiger partial charge is 0.161 e. The Bertz CT molecular complexity index is 604. The van der Waals surface area contributed by atoms with Gasteiger partial charge in [-0.05, 0) is 39.3 Å². The molecule has 21 heavy (non-hydrogen) atoms. The molecule has 0 aliphatic carbocycles. The lowest BCUT2D eigenvalue weighted by atomic mass is 10.2. The Morgan fingerprint density at radius 3 is 2.81 bits per heavy atom. The summed E-state index contributed by atoms with van der Waals surface area (Å²) >= 11 is 0. The van der Waals surface area contributed by atoms with Crippen LogP contribution in [-0.4, -0.2) is 44.6 Å². The van der Waals surface area contributed by atoms with Gasteiger partial charge in [0.1, 0.15) is 5.82 Å². The first-order valence-corrected chi connectivity index (χ1v) is 7.61. The molecule has 3 rings (SSSR count). The molecule has 1 aliphatic rings. The largest absolute Gasteiger partial charge is 0.378 e. The Balaban J connectivity index is 1.79. The van der Waals surface area contributed by atoms with Gasteiger partial charge in [-0.2, -0.15) is 0 Å². The second-order valence-corrected chi connectivity index (χ2v) is 5.94. The zero-order chi connectivity index (χ0) is 14.8. The fourth-order valence-corrected chi connectivity index (χ4v) is 2.90. The van der Waals surface area contributed by atoms with Crippen LogP contribution in [0.4, 0.5) is 5.69 Å². The average Bonchev–Trinajstić information content (AvgIpc) is 3.09. The molecule has 1 N–H and O–H groups in total. The molecular formula is C16H23N5. The number of hydrogen-bond donors (Lipinski definition) is 1. The summed E-state index contributed by atoms with van der Waals surface area (Å²) in [5, 5.41) is 3.66. The van der Waals surface area contributed by atoms with Crippen LogP contribution in [0.15, 0.2) is 30.7 Å². The van der Waals surface area contributed by atoms with Crippen molar-refractivity contribution in [1.29, 1.82) is 0 Å². The number of hydrogen-bond acceptors (Lipinski definition) is 4. The maximum atomic E-state index is 4.53. The van der Waals surface area contributed by atoms with Gasteiger partial charge in [-0.15, -0.1) is 0 Å². The van der Waals surface area contributed by atoms with Gasteiger partial charge >= 0.3 is 0 Å². The van der Waals surface area contributed by atoms with Crippen LogP contribution in [0.5, 0.6) is 0 Å². The van der Waals surface area contributed by atoms with Crippen molar-refractivity contribution < 1.29 is 0 Å². The number of imidazole rings is 1. The second-order valence-electron chi connectivity index (χ2n) is 5.94. The molecule has 5 heteroatoms. The second kappa shape index (κ2) is 5.85.